The van der Waals surface area contributed by atoms with Gasteiger partial charge in [-0.25, -0.2) is 0 Å². The largest absolute Gasteiger partial charge is 0.397 e. The van der Waals surface area contributed by atoms with Crippen LogP contribution in [0.3, 0.4) is 0 Å². The summed E-state index contributed by atoms with van der Waals surface area (Å²) < 4.78 is 0. The van der Waals surface area contributed by atoms with E-state index in [1.54, 1.807) is 0 Å². The van der Waals surface area contributed by atoms with Gasteiger partial charge in [-0.05, 0) is 86.3 Å². The van der Waals surface area contributed by atoms with Crippen LogP contribution in [0.25, 0.3) is 0 Å². The maximum Gasteiger partial charge on any atom is 0.0640 e. The number of para-hydroxylation sites is 2. The standard InChI is InChI=1S/4C10H13N3/c1-8-3-4-10(9(12)7-8)13-6-2-5-11;1-8-3-4-9(12)10(7-8)13-6-2-5-11;1-8-4-2-5-9(10(8)12)13-7-3-6-11;1-8-4-2-5-9(12)10(8)13-7-3-6-11/h2*3-4,7,13H,2,6,12H2,1H3;2*2,4-5,13H,3,7,12H2,1H3. The number of nitrogen functional groups attached to an aromatic ring is 4. The van der Waals surface area contributed by atoms with Gasteiger partial charge < -0.3 is 44.2 Å². The van der Waals surface area contributed by atoms with Crippen LogP contribution in [0.1, 0.15) is 47.9 Å². The number of anilines is 8. The lowest BCUT2D eigenvalue weighted by Gasteiger charge is -2.10. The van der Waals surface area contributed by atoms with Crippen molar-refractivity contribution in [3.63, 3.8) is 0 Å². The Bertz CT molecular complexity index is 1800. The zero-order chi connectivity index (χ0) is 38.7. The van der Waals surface area contributed by atoms with Gasteiger partial charge in [-0.1, -0.05) is 36.4 Å². The van der Waals surface area contributed by atoms with Crippen molar-refractivity contribution in [2.75, 3.05) is 70.4 Å². The minimum atomic E-state index is 0.493. The Hall–Kier alpha value is -6.76. The van der Waals surface area contributed by atoms with Crippen LogP contribution >= 0.6 is 0 Å². The first-order valence-electron chi connectivity index (χ1n) is 16.8. The number of nitrogens with zero attached hydrogens (tertiary/aromatic N) is 4. The third kappa shape index (κ3) is 17.1. The number of nitriles is 4. The number of nitrogens with one attached hydrogen (secondary N) is 4. The molecule has 4 aromatic rings. The summed E-state index contributed by atoms with van der Waals surface area (Å²) in [5, 5.41) is 45.8. The third-order valence-electron chi connectivity index (χ3n) is 7.24. The first-order chi connectivity index (χ1) is 25.0. The average Bonchev–Trinajstić information content (AvgIpc) is 3.12. The number of rotatable bonds is 12. The van der Waals surface area contributed by atoms with Crippen molar-refractivity contribution in [1.82, 2.24) is 0 Å². The van der Waals surface area contributed by atoms with Crippen molar-refractivity contribution in [3.8, 4) is 24.3 Å². The van der Waals surface area contributed by atoms with E-state index in [1.165, 1.54) is 0 Å². The average molecular weight is 701 g/mol. The van der Waals surface area contributed by atoms with Crippen LogP contribution in [0.5, 0.6) is 0 Å². The number of benzene rings is 4. The Kier molecular flexibility index (Phi) is 21.0. The van der Waals surface area contributed by atoms with E-state index in [2.05, 4.69) is 45.5 Å². The van der Waals surface area contributed by atoms with Gasteiger partial charge in [0.15, 0.2) is 0 Å². The van der Waals surface area contributed by atoms with E-state index < -0.39 is 0 Å². The monoisotopic (exact) mass is 700 g/mol. The van der Waals surface area contributed by atoms with Gasteiger partial charge in [0.25, 0.3) is 0 Å². The Morgan fingerprint density at radius 3 is 1.50 bits per heavy atom. The van der Waals surface area contributed by atoms with Crippen LogP contribution in [0.2, 0.25) is 0 Å². The van der Waals surface area contributed by atoms with Crippen LogP contribution in [-0.4, -0.2) is 26.2 Å². The number of aryl methyl sites for hydroxylation is 4. The van der Waals surface area contributed by atoms with Gasteiger partial charge >= 0.3 is 0 Å². The van der Waals surface area contributed by atoms with E-state index in [1.807, 2.05) is 100 Å². The molecule has 0 unspecified atom stereocenters. The fraction of sp³-hybridized carbons (Fsp3) is 0.300. The van der Waals surface area contributed by atoms with Gasteiger partial charge in [-0.3, -0.25) is 0 Å². The van der Waals surface area contributed by atoms with Crippen molar-refractivity contribution in [2.24, 2.45) is 0 Å². The summed E-state index contributed by atoms with van der Waals surface area (Å²) >= 11 is 0. The molecule has 4 rings (SSSR count). The minimum absolute atomic E-state index is 0.493. The van der Waals surface area contributed by atoms with Crippen molar-refractivity contribution in [3.05, 3.63) is 95.1 Å². The Labute approximate surface area is 309 Å². The highest BCUT2D eigenvalue weighted by Crippen LogP contribution is 2.23. The molecule has 272 valence electrons. The van der Waals surface area contributed by atoms with E-state index in [0.717, 1.165) is 67.8 Å². The van der Waals surface area contributed by atoms with E-state index in [0.29, 0.717) is 51.9 Å². The summed E-state index contributed by atoms with van der Waals surface area (Å²) in [6, 6.07) is 31.5. The molecule has 4 aromatic carbocycles. The number of hydrogen-bond acceptors (Lipinski definition) is 12. The van der Waals surface area contributed by atoms with Crippen LogP contribution < -0.4 is 44.2 Å². The summed E-state index contributed by atoms with van der Waals surface area (Å²) in [5.41, 5.74) is 34.2. The van der Waals surface area contributed by atoms with Crippen LogP contribution in [0, 0.1) is 73.0 Å². The molecule has 0 aromatic heterocycles. The lowest BCUT2D eigenvalue weighted by Crippen LogP contribution is -2.04. The van der Waals surface area contributed by atoms with Crippen LogP contribution in [0.15, 0.2) is 72.8 Å². The molecule has 0 aliphatic rings. The molecule has 0 atom stereocenters. The summed E-state index contributed by atoms with van der Waals surface area (Å²) in [6.07, 6.45) is 1.97. The summed E-state index contributed by atoms with van der Waals surface area (Å²) in [5.74, 6) is 0. The molecule has 0 aliphatic heterocycles. The molecule has 0 saturated carbocycles. The molecule has 0 radical (unpaired) electrons. The lowest BCUT2D eigenvalue weighted by molar-refractivity contribution is 1.07. The molecule has 0 spiro atoms. The highest BCUT2D eigenvalue weighted by atomic mass is 14.9. The Morgan fingerprint density at radius 1 is 0.462 bits per heavy atom. The van der Waals surface area contributed by atoms with Crippen molar-refractivity contribution < 1.29 is 0 Å². The number of hydrogen-bond donors (Lipinski definition) is 8. The second kappa shape index (κ2) is 25.2. The minimum Gasteiger partial charge on any atom is -0.397 e. The molecule has 12 N–H and O–H groups in total. The second-order valence-corrected chi connectivity index (χ2v) is 11.6. The normalized spacial score (nSPS) is 9.23. The number of nitrogens with two attached hydrogens (primary N) is 4. The molecule has 0 fully saturated rings. The predicted octanol–water partition coefficient (Wildman–Crippen LogP) is 7.61. The van der Waals surface area contributed by atoms with Gasteiger partial charge in [0.1, 0.15) is 0 Å². The predicted molar refractivity (Wildman–Crippen MR) is 217 cm³/mol. The molecule has 0 amide bonds. The highest BCUT2D eigenvalue weighted by Gasteiger charge is 2.01. The topological polar surface area (TPSA) is 247 Å². The van der Waals surface area contributed by atoms with E-state index in [9.17, 15) is 0 Å². The van der Waals surface area contributed by atoms with E-state index in [4.69, 9.17) is 44.0 Å². The quantitative estimate of drug-likeness (QED) is 0.0525. The van der Waals surface area contributed by atoms with E-state index >= 15 is 0 Å². The second-order valence-electron chi connectivity index (χ2n) is 11.6. The first kappa shape index (κ1) is 43.3. The van der Waals surface area contributed by atoms with Gasteiger partial charge in [0.05, 0.1) is 95.5 Å². The van der Waals surface area contributed by atoms with Gasteiger partial charge in [-0.2, -0.15) is 21.0 Å². The molecular formula is C40H52N12. The van der Waals surface area contributed by atoms with Crippen molar-refractivity contribution >= 4 is 45.5 Å². The molecule has 0 bridgehead atoms. The molecule has 12 heteroatoms. The molecule has 0 saturated heterocycles. The maximum absolute atomic E-state index is 8.36. The maximum atomic E-state index is 8.36. The zero-order valence-electron chi connectivity index (χ0n) is 30.7. The van der Waals surface area contributed by atoms with E-state index in [-0.39, 0.29) is 0 Å². The fourth-order valence-electron chi connectivity index (χ4n) is 4.44. The summed E-state index contributed by atoms with van der Waals surface area (Å²) in [6.45, 7) is 10.5. The third-order valence-corrected chi connectivity index (χ3v) is 7.24. The molecular weight excluding hydrogens is 649 g/mol. The smallest absolute Gasteiger partial charge is 0.0640 e. The lowest BCUT2D eigenvalue weighted by atomic mass is 10.1. The van der Waals surface area contributed by atoms with Gasteiger partial charge in [-0.15, -0.1) is 0 Å². The van der Waals surface area contributed by atoms with Crippen LogP contribution in [-0.2, 0) is 0 Å². The highest BCUT2D eigenvalue weighted by molar-refractivity contribution is 5.71. The summed E-state index contributed by atoms with van der Waals surface area (Å²) in [7, 11) is 0. The zero-order valence-corrected chi connectivity index (χ0v) is 30.7. The molecule has 0 aliphatic carbocycles. The first-order valence-corrected chi connectivity index (χ1v) is 16.8. The van der Waals surface area contributed by atoms with Gasteiger partial charge in [0, 0.05) is 26.2 Å². The molecule has 52 heavy (non-hydrogen) atoms. The fourth-order valence-corrected chi connectivity index (χ4v) is 4.44. The van der Waals surface area contributed by atoms with Crippen molar-refractivity contribution in [1.29, 1.82) is 21.0 Å². The molecule has 12 nitrogen and oxygen atoms in total. The molecule has 0 heterocycles. The SMILES string of the molecule is Cc1ccc(N)c(NCCC#N)c1.Cc1ccc(NCCC#N)c(N)c1.Cc1cccc(N)c1NCCC#N.Cc1cccc(NCCC#N)c1N. The summed E-state index contributed by atoms with van der Waals surface area (Å²) in [4.78, 5) is 0. The van der Waals surface area contributed by atoms with Crippen molar-refractivity contribution in [2.45, 2.75) is 53.4 Å². The Morgan fingerprint density at radius 2 is 0.942 bits per heavy atom. The van der Waals surface area contributed by atoms with Gasteiger partial charge in [0.2, 0.25) is 0 Å². The Balaban J connectivity index is 0.000000347. The van der Waals surface area contributed by atoms with Crippen LogP contribution in [0.4, 0.5) is 45.5 Å².